The second-order valence-electron chi connectivity index (χ2n) is 7.88. The van der Waals surface area contributed by atoms with E-state index in [2.05, 4.69) is 54.1 Å². The van der Waals surface area contributed by atoms with Crippen LogP contribution in [-0.4, -0.2) is 42.3 Å². The maximum absolute atomic E-state index is 11.4. The first kappa shape index (κ1) is 22.8. The van der Waals surface area contributed by atoms with Crippen LogP contribution >= 0.6 is 0 Å². The third kappa shape index (κ3) is 6.56. The average molecular weight is 424 g/mol. The monoisotopic (exact) mass is 423 g/mol. The largest absolute Gasteiger partial charge is 0.491 e. The van der Waals surface area contributed by atoms with Crippen molar-refractivity contribution >= 4 is 16.9 Å². The number of methoxy groups -OCH3 is 1. The number of aryl methyl sites for hydroxylation is 3. The summed E-state index contributed by atoms with van der Waals surface area (Å²) in [5, 5.41) is 2.87. The molecule has 6 nitrogen and oxygen atoms in total. The summed E-state index contributed by atoms with van der Waals surface area (Å²) in [4.78, 5) is 16.3. The Morgan fingerprint density at radius 2 is 1.94 bits per heavy atom. The van der Waals surface area contributed by atoms with Gasteiger partial charge in [-0.2, -0.15) is 0 Å². The number of nitrogens with zero attached hydrogens (tertiary/aromatic N) is 2. The molecule has 3 rings (SSSR count). The lowest BCUT2D eigenvalue weighted by atomic mass is 10.1. The molecule has 0 fully saturated rings. The second-order valence-corrected chi connectivity index (χ2v) is 7.88. The van der Waals surface area contributed by atoms with E-state index in [0.717, 1.165) is 60.4 Å². The summed E-state index contributed by atoms with van der Waals surface area (Å²) in [7, 11) is 1.53. The molecule has 6 heteroatoms. The van der Waals surface area contributed by atoms with Gasteiger partial charge in [-0.25, -0.2) is 4.98 Å². The van der Waals surface area contributed by atoms with Gasteiger partial charge in [0.15, 0.2) is 0 Å². The van der Waals surface area contributed by atoms with Crippen LogP contribution in [0.25, 0.3) is 11.0 Å². The second kappa shape index (κ2) is 11.5. The quantitative estimate of drug-likeness (QED) is 0.443. The van der Waals surface area contributed by atoms with Crippen LogP contribution in [-0.2, 0) is 22.5 Å². The van der Waals surface area contributed by atoms with Crippen LogP contribution in [0, 0.1) is 13.8 Å². The third-order valence-electron chi connectivity index (χ3n) is 5.31. The van der Waals surface area contributed by atoms with Crippen molar-refractivity contribution in [3.8, 4) is 5.75 Å². The number of amides is 1. The number of unbranched alkanes of at least 4 members (excludes halogenated alkanes) is 2. The smallest absolute Gasteiger partial charge is 0.245 e. The molecule has 0 bridgehead atoms. The Bertz CT molecular complexity index is 997. The Hall–Kier alpha value is -2.86. The molecule has 0 spiro atoms. The predicted octanol–water partition coefficient (Wildman–Crippen LogP) is 4.21. The van der Waals surface area contributed by atoms with E-state index in [0.29, 0.717) is 13.2 Å². The van der Waals surface area contributed by atoms with Crippen molar-refractivity contribution < 1.29 is 14.3 Å². The van der Waals surface area contributed by atoms with Gasteiger partial charge in [0.1, 0.15) is 24.8 Å². The first-order chi connectivity index (χ1) is 15.1. The van der Waals surface area contributed by atoms with E-state index < -0.39 is 0 Å². The van der Waals surface area contributed by atoms with Crippen LogP contribution in [0.4, 0.5) is 0 Å². The Labute approximate surface area is 184 Å². The van der Waals surface area contributed by atoms with Crippen LogP contribution in [0.2, 0.25) is 0 Å². The van der Waals surface area contributed by atoms with E-state index in [9.17, 15) is 4.79 Å². The lowest BCUT2D eigenvalue weighted by Crippen LogP contribution is -2.27. The van der Waals surface area contributed by atoms with Gasteiger partial charge in [0.25, 0.3) is 0 Å². The van der Waals surface area contributed by atoms with Gasteiger partial charge in [0.2, 0.25) is 5.91 Å². The summed E-state index contributed by atoms with van der Waals surface area (Å²) in [6, 6.07) is 14.5. The Morgan fingerprint density at radius 1 is 1.10 bits per heavy atom. The first-order valence-corrected chi connectivity index (χ1v) is 11.0. The summed E-state index contributed by atoms with van der Waals surface area (Å²) in [6.45, 7) is 6.34. The van der Waals surface area contributed by atoms with Crippen molar-refractivity contribution in [2.75, 3.05) is 26.9 Å². The van der Waals surface area contributed by atoms with Gasteiger partial charge in [-0.05, 0) is 50.5 Å². The normalized spacial score (nSPS) is 11.1. The molecule has 3 aromatic rings. The highest BCUT2D eigenvalue weighted by Gasteiger charge is 2.11. The van der Waals surface area contributed by atoms with Crippen molar-refractivity contribution in [1.29, 1.82) is 0 Å². The molecule has 0 saturated heterocycles. The topological polar surface area (TPSA) is 65.4 Å². The minimum Gasteiger partial charge on any atom is -0.491 e. The van der Waals surface area contributed by atoms with Crippen LogP contribution < -0.4 is 10.1 Å². The Kier molecular flexibility index (Phi) is 8.47. The SMILES string of the molecule is COCC(=O)NCCCCCc1nc2ccccc2n1CCOc1ccc(C)cc1C. The number of imidazole rings is 1. The zero-order valence-electron chi connectivity index (χ0n) is 18.8. The number of benzene rings is 2. The first-order valence-electron chi connectivity index (χ1n) is 11.0. The molecule has 1 aromatic heterocycles. The zero-order chi connectivity index (χ0) is 22.1. The lowest BCUT2D eigenvalue weighted by Gasteiger charge is -2.13. The van der Waals surface area contributed by atoms with Crippen LogP contribution in [0.3, 0.4) is 0 Å². The molecule has 31 heavy (non-hydrogen) atoms. The minimum absolute atomic E-state index is 0.0619. The molecule has 0 unspecified atom stereocenters. The number of hydrogen-bond donors (Lipinski definition) is 1. The number of rotatable bonds is 12. The van der Waals surface area contributed by atoms with Crippen molar-refractivity contribution in [3.63, 3.8) is 0 Å². The predicted molar refractivity (Wildman–Crippen MR) is 124 cm³/mol. The van der Waals surface area contributed by atoms with E-state index in [-0.39, 0.29) is 12.5 Å². The molecule has 166 valence electrons. The van der Waals surface area contributed by atoms with Gasteiger partial charge < -0.3 is 19.4 Å². The van der Waals surface area contributed by atoms with Crippen LogP contribution in [0.1, 0.15) is 36.2 Å². The highest BCUT2D eigenvalue weighted by Crippen LogP contribution is 2.20. The Balaban J connectivity index is 1.55. The molecule has 1 amide bonds. The number of carbonyl (C=O) groups is 1. The number of fused-ring (bicyclic) bond motifs is 1. The molecule has 1 heterocycles. The van der Waals surface area contributed by atoms with E-state index in [1.807, 2.05) is 12.1 Å². The van der Waals surface area contributed by atoms with Crippen LogP contribution in [0.15, 0.2) is 42.5 Å². The van der Waals surface area contributed by atoms with Gasteiger partial charge in [0.05, 0.1) is 17.6 Å². The summed E-state index contributed by atoms with van der Waals surface area (Å²) in [6.07, 6.45) is 3.92. The molecule has 0 aliphatic rings. The van der Waals surface area contributed by atoms with Gasteiger partial charge >= 0.3 is 0 Å². The molecule has 0 aliphatic carbocycles. The highest BCUT2D eigenvalue weighted by molar-refractivity contribution is 5.77. The van der Waals surface area contributed by atoms with Crippen molar-refractivity contribution in [3.05, 3.63) is 59.4 Å². The molecule has 1 N–H and O–H groups in total. The summed E-state index contributed by atoms with van der Waals surface area (Å²) >= 11 is 0. The van der Waals surface area contributed by atoms with E-state index in [4.69, 9.17) is 14.5 Å². The van der Waals surface area contributed by atoms with Gasteiger partial charge in [-0.3, -0.25) is 4.79 Å². The van der Waals surface area contributed by atoms with E-state index in [1.54, 1.807) is 0 Å². The molecule has 0 saturated carbocycles. The van der Waals surface area contributed by atoms with E-state index in [1.165, 1.54) is 12.7 Å². The van der Waals surface area contributed by atoms with Crippen LogP contribution in [0.5, 0.6) is 5.75 Å². The van der Waals surface area contributed by atoms with E-state index >= 15 is 0 Å². The number of hydrogen-bond acceptors (Lipinski definition) is 4. The summed E-state index contributed by atoms with van der Waals surface area (Å²) < 4.78 is 13.2. The zero-order valence-corrected chi connectivity index (χ0v) is 18.8. The molecular formula is C25H33N3O3. The lowest BCUT2D eigenvalue weighted by molar-refractivity contribution is -0.124. The van der Waals surface area contributed by atoms with Gasteiger partial charge in [-0.1, -0.05) is 36.2 Å². The van der Waals surface area contributed by atoms with Crippen molar-refractivity contribution in [2.24, 2.45) is 0 Å². The number of nitrogens with one attached hydrogen (secondary N) is 1. The summed E-state index contributed by atoms with van der Waals surface area (Å²) in [5.41, 5.74) is 4.57. The number of ether oxygens (including phenoxy) is 2. The fraction of sp³-hybridized carbons (Fsp3) is 0.440. The number of para-hydroxylation sites is 2. The fourth-order valence-electron chi connectivity index (χ4n) is 3.77. The average Bonchev–Trinajstić information content (AvgIpc) is 3.10. The molecule has 0 aliphatic heterocycles. The minimum atomic E-state index is -0.0619. The molecule has 0 radical (unpaired) electrons. The Morgan fingerprint density at radius 3 is 2.74 bits per heavy atom. The fourth-order valence-corrected chi connectivity index (χ4v) is 3.77. The van der Waals surface area contributed by atoms with Crippen molar-refractivity contribution in [2.45, 2.75) is 46.1 Å². The van der Waals surface area contributed by atoms with Gasteiger partial charge in [0, 0.05) is 20.1 Å². The maximum Gasteiger partial charge on any atom is 0.245 e. The molecule has 2 aromatic carbocycles. The highest BCUT2D eigenvalue weighted by atomic mass is 16.5. The number of carbonyl (C=O) groups excluding carboxylic acids is 1. The maximum atomic E-state index is 11.4. The van der Waals surface area contributed by atoms with Crippen molar-refractivity contribution in [1.82, 2.24) is 14.9 Å². The third-order valence-corrected chi connectivity index (χ3v) is 5.31. The molecule has 0 atom stereocenters. The molecular weight excluding hydrogens is 390 g/mol. The summed E-state index contributed by atoms with van der Waals surface area (Å²) in [5.74, 6) is 1.97. The standard InChI is InChI=1S/C25H33N3O3/c1-19-12-13-23(20(2)17-19)31-16-15-28-22-10-7-6-9-21(22)27-24(28)11-5-4-8-14-26-25(29)18-30-3/h6-7,9-10,12-13,17H,4-5,8,11,14-16,18H2,1-3H3,(H,26,29). The number of aromatic nitrogens is 2. The van der Waals surface area contributed by atoms with Gasteiger partial charge in [-0.15, -0.1) is 0 Å².